The number of hydrogen-bond donors (Lipinski definition) is 0. The summed E-state index contributed by atoms with van der Waals surface area (Å²) in [6.45, 7) is 0. The van der Waals surface area contributed by atoms with Crippen LogP contribution in [0.3, 0.4) is 0 Å². The lowest BCUT2D eigenvalue weighted by molar-refractivity contribution is 1.04. The van der Waals surface area contributed by atoms with Gasteiger partial charge in [0.25, 0.3) is 0 Å². The average molecular weight is 437 g/mol. The largest absolute Gasteiger partial charge is 0.307 e. The first-order chi connectivity index (χ1) is 16.9. The monoisotopic (exact) mass is 436 g/mol. The van der Waals surface area contributed by atoms with Gasteiger partial charge in [-0.2, -0.15) is 0 Å². The number of pyridine rings is 2. The third-order valence-electron chi connectivity index (χ3n) is 6.49. The van der Waals surface area contributed by atoms with E-state index in [4.69, 9.17) is 4.98 Å². The van der Waals surface area contributed by atoms with E-state index in [2.05, 4.69) is 111 Å². The quantitative estimate of drug-likeness (QED) is 0.294. The molecule has 0 aliphatic rings. The molecule has 160 valence electrons. The maximum absolute atomic E-state index is 4.84. The minimum Gasteiger partial charge on any atom is -0.307 e. The fourth-order valence-corrected chi connectivity index (χ4v) is 4.94. The molecule has 0 saturated heterocycles. The van der Waals surface area contributed by atoms with Crippen molar-refractivity contribution in [3.63, 3.8) is 0 Å². The van der Waals surface area contributed by atoms with E-state index >= 15 is 0 Å². The van der Waals surface area contributed by atoms with Crippen molar-refractivity contribution in [1.29, 1.82) is 0 Å². The van der Waals surface area contributed by atoms with E-state index in [-0.39, 0.29) is 0 Å². The lowest BCUT2D eigenvalue weighted by Gasteiger charge is -2.11. The van der Waals surface area contributed by atoms with Gasteiger partial charge in [-0.25, -0.2) is 4.98 Å². The second-order valence-electron chi connectivity index (χ2n) is 8.42. The molecule has 4 heteroatoms. The van der Waals surface area contributed by atoms with E-state index < -0.39 is 0 Å². The van der Waals surface area contributed by atoms with Gasteiger partial charge in [0.15, 0.2) is 0 Å². The van der Waals surface area contributed by atoms with Crippen LogP contribution < -0.4 is 0 Å². The van der Waals surface area contributed by atoms with Crippen LogP contribution in [-0.4, -0.2) is 19.1 Å². The predicted molar refractivity (Wildman–Crippen MR) is 139 cm³/mol. The van der Waals surface area contributed by atoms with E-state index in [1.54, 1.807) is 6.20 Å². The number of nitrogens with zero attached hydrogens (tertiary/aromatic N) is 4. The Kier molecular flexibility index (Phi) is 4.11. The van der Waals surface area contributed by atoms with Crippen LogP contribution in [0.5, 0.6) is 0 Å². The van der Waals surface area contributed by atoms with Gasteiger partial charge < -0.3 is 4.57 Å². The van der Waals surface area contributed by atoms with Crippen LogP contribution in [0, 0.1) is 0 Å². The van der Waals surface area contributed by atoms with Crippen LogP contribution in [-0.2, 0) is 0 Å². The van der Waals surface area contributed by atoms with Crippen LogP contribution in [0.15, 0.2) is 122 Å². The summed E-state index contributed by atoms with van der Waals surface area (Å²) in [5.41, 5.74) is 6.80. The molecule has 7 rings (SSSR count). The summed E-state index contributed by atoms with van der Waals surface area (Å²) in [7, 11) is 0. The smallest absolute Gasteiger partial charge is 0.137 e. The Labute approximate surface area is 196 Å². The molecule has 0 atom stereocenters. The first-order valence-electron chi connectivity index (χ1n) is 11.3. The van der Waals surface area contributed by atoms with Gasteiger partial charge in [-0.1, -0.05) is 54.6 Å². The molecule has 0 saturated carbocycles. The van der Waals surface area contributed by atoms with Crippen LogP contribution >= 0.6 is 0 Å². The molecule has 0 radical (unpaired) electrons. The molecule has 0 spiro atoms. The molecule has 0 amide bonds. The van der Waals surface area contributed by atoms with Crippen molar-refractivity contribution in [2.45, 2.75) is 0 Å². The highest BCUT2D eigenvalue weighted by atomic mass is 15.1. The minimum atomic E-state index is 0.889. The van der Waals surface area contributed by atoms with Gasteiger partial charge >= 0.3 is 0 Å². The van der Waals surface area contributed by atoms with Crippen LogP contribution in [0.4, 0.5) is 0 Å². The summed E-state index contributed by atoms with van der Waals surface area (Å²) in [5.74, 6) is 0.889. The molecule has 4 heterocycles. The maximum Gasteiger partial charge on any atom is 0.137 e. The minimum absolute atomic E-state index is 0.889. The van der Waals surface area contributed by atoms with Gasteiger partial charge in [0.2, 0.25) is 0 Å². The highest BCUT2D eigenvalue weighted by molar-refractivity contribution is 6.18. The zero-order chi connectivity index (χ0) is 22.5. The maximum atomic E-state index is 4.84. The molecule has 3 aromatic carbocycles. The molecule has 4 aromatic heterocycles. The van der Waals surface area contributed by atoms with Crippen LogP contribution in [0.1, 0.15) is 0 Å². The average Bonchev–Trinajstić information content (AvgIpc) is 3.49. The summed E-state index contributed by atoms with van der Waals surface area (Å²) in [6.07, 6.45) is 7.69. The first-order valence-corrected chi connectivity index (χ1v) is 11.3. The Morgan fingerprint density at radius 2 is 1.44 bits per heavy atom. The predicted octanol–water partition coefficient (Wildman–Crippen LogP) is 7.18. The molecule has 0 bridgehead atoms. The zero-order valence-corrected chi connectivity index (χ0v) is 18.3. The van der Waals surface area contributed by atoms with Crippen LogP contribution in [0.25, 0.3) is 55.3 Å². The molecule has 34 heavy (non-hydrogen) atoms. The van der Waals surface area contributed by atoms with E-state index in [9.17, 15) is 0 Å². The summed E-state index contributed by atoms with van der Waals surface area (Å²) in [6, 6.07) is 34.0. The second kappa shape index (κ2) is 7.42. The summed E-state index contributed by atoms with van der Waals surface area (Å²) < 4.78 is 4.57. The fraction of sp³-hybridized carbons (Fsp3) is 0. The Balaban J connectivity index is 1.52. The molecule has 0 N–H and O–H groups in total. The topological polar surface area (TPSA) is 35.6 Å². The number of para-hydroxylation sites is 2. The van der Waals surface area contributed by atoms with Crippen molar-refractivity contribution in [3.05, 3.63) is 122 Å². The Bertz CT molecular complexity index is 1780. The van der Waals surface area contributed by atoms with Crippen molar-refractivity contribution in [2.75, 3.05) is 0 Å². The Morgan fingerprint density at radius 3 is 2.26 bits per heavy atom. The highest BCUT2D eigenvalue weighted by Gasteiger charge is 2.17. The summed E-state index contributed by atoms with van der Waals surface area (Å²) >= 11 is 0. The van der Waals surface area contributed by atoms with Crippen molar-refractivity contribution in [1.82, 2.24) is 19.1 Å². The highest BCUT2D eigenvalue weighted by Crippen LogP contribution is 2.37. The normalized spacial score (nSPS) is 11.5. The fourth-order valence-electron chi connectivity index (χ4n) is 4.94. The molecular weight excluding hydrogens is 416 g/mol. The second-order valence-corrected chi connectivity index (χ2v) is 8.42. The van der Waals surface area contributed by atoms with Gasteiger partial charge in [0.05, 0.1) is 16.6 Å². The third kappa shape index (κ3) is 2.79. The van der Waals surface area contributed by atoms with Gasteiger partial charge in [-0.3, -0.25) is 9.55 Å². The lowest BCUT2D eigenvalue weighted by atomic mass is 10.1. The Morgan fingerprint density at radius 1 is 0.588 bits per heavy atom. The van der Waals surface area contributed by atoms with Crippen molar-refractivity contribution in [3.8, 4) is 22.6 Å². The van der Waals surface area contributed by atoms with E-state index in [0.29, 0.717) is 0 Å². The SMILES string of the molecule is c1ccc(-n2c3ccccc3c3ccc4ccn(-c5ccc(-c6cccnc6)cn5)c4c32)cc1. The van der Waals surface area contributed by atoms with Gasteiger partial charge in [-0.15, -0.1) is 0 Å². The van der Waals surface area contributed by atoms with Gasteiger partial charge in [0, 0.05) is 57.8 Å². The van der Waals surface area contributed by atoms with Gasteiger partial charge in [-0.05, 0) is 42.5 Å². The Hall–Kier alpha value is -4.70. The summed E-state index contributed by atoms with van der Waals surface area (Å²) in [5, 5.41) is 3.67. The number of fused-ring (bicyclic) bond motifs is 5. The molecule has 4 nitrogen and oxygen atoms in total. The first kappa shape index (κ1) is 18.8. The zero-order valence-electron chi connectivity index (χ0n) is 18.3. The molecule has 0 aliphatic heterocycles. The van der Waals surface area contributed by atoms with E-state index in [0.717, 1.165) is 28.1 Å². The van der Waals surface area contributed by atoms with Crippen molar-refractivity contribution >= 4 is 32.7 Å². The lowest BCUT2D eigenvalue weighted by Crippen LogP contribution is -1.99. The van der Waals surface area contributed by atoms with Gasteiger partial charge in [0.1, 0.15) is 5.82 Å². The number of aromatic nitrogens is 4. The van der Waals surface area contributed by atoms with E-state index in [1.165, 1.54) is 27.2 Å². The third-order valence-corrected chi connectivity index (χ3v) is 6.49. The molecule has 7 aromatic rings. The summed E-state index contributed by atoms with van der Waals surface area (Å²) in [4.78, 5) is 9.07. The van der Waals surface area contributed by atoms with E-state index in [1.807, 2.05) is 18.5 Å². The number of hydrogen-bond acceptors (Lipinski definition) is 2. The number of rotatable bonds is 3. The molecular formula is C30H20N4. The molecule has 0 fully saturated rings. The molecule has 0 unspecified atom stereocenters. The standard InChI is InChI=1S/C30H20N4/c1-2-8-24(9-3-1)34-27-11-5-4-10-25(27)26-14-12-21-16-18-33(29(21)30(26)34)28-15-13-23(20-32-28)22-7-6-17-31-19-22/h1-20H. The van der Waals surface area contributed by atoms with Crippen molar-refractivity contribution in [2.24, 2.45) is 0 Å². The van der Waals surface area contributed by atoms with Crippen LogP contribution in [0.2, 0.25) is 0 Å². The number of benzene rings is 3. The molecule has 0 aliphatic carbocycles. The van der Waals surface area contributed by atoms with Crippen molar-refractivity contribution < 1.29 is 0 Å².